The Morgan fingerprint density at radius 1 is 1.20 bits per heavy atom. The Morgan fingerprint density at radius 2 is 1.88 bits per heavy atom. The van der Waals surface area contributed by atoms with E-state index >= 15 is 0 Å². The summed E-state index contributed by atoms with van der Waals surface area (Å²) in [6, 6.07) is 5.70. The number of piperidine rings is 1. The van der Waals surface area contributed by atoms with Crippen molar-refractivity contribution in [2.24, 2.45) is 13.0 Å². The lowest BCUT2D eigenvalue weighted by Crippen LogP contribution is -2.31. The van der Waals surface area contributed by atoms with Crippen molar-refractivity contribution < 1.29 is 14.3 Å². The number of esters is 1. The summed E-state index contributed by atoms with van der Waals surface area (Å²) in [4.78, 5) is 27.2. The second kappa shape index (κ2) is 18.1. The highest BCUT2D eigenvalue weighted by Crippen LogP contribution is 2.24. The Bertz CT molecular complexity index is 1100. The summed E-state index contributed by atoms with van der Waals surface area (Å²) in [5.74, 6) is 1.13. The number of hydrogen-bond donors (Lipinski definition) is 2. The fourth-order valence-corrected chi connectivity index (χ4v) is 4.46. The van der Waals surface area contributed by atoms with Crippen LogP contribution in [0.3, 0.4) is 0 Å². The largest absolute Gasteiger partial charge is 0.465 e. The van der Waals surface area contributed by atoms with Crippen molar-refractivity contribution in [3.05, 3.63) is 71.6 Å². The Labute approximate surface area is 241 Å². The Balaban J connectivity index is 0.00000105. The van der Waals surface area contributed by atoms with Gasteiger partial charge >= 0.3 is 5.97 Å². The van der Waals surface area contributed by atoms with Crippen LogP contribution in [0.25, 0.3) is 0 Å². The molecule has 4 rings (SSSR count). The zero-order valence-corrected chi connectivity index (χ0v) is 24.5. The molecule has 0 radical (unpaired) electrons. The zero-order chi connectivity index (χ0) is 28.8. The van der Waals surface area contributed by atoms with Crippen molar-refractivity contribution in [3.8, 4) is 0 Å². The van der Waals surface area contributed by atoms with E-state index in [2.05, 4.69) is 35.8 Å². The minimum absolute atomic E-state index is 0. The summed E-state index contributed by atoms with van der Waals surface area (Å²) in [6.07, 6.45) is 7.81. The minimum atomic E-state index is -0.157. The van der Waals surface area contributed by atoms with Gasteiger partial charge in [0.15, 0.2) is 0 Å². The van der Waals surface area contributed by atoms with E-state index in [1.54, 1.807) is 15.8 Å². The molecule has 1 aromatic heterocycles. The maximum atomic E-state index is 13.2. The van der Waals surface area contributed by atoms with Crippen molar-refractivity contribution in [1.82, 2.24) is 20.0 Å². The zero-order valence-electron chi connectivity index (χ0n) is 24.5. The molecule has 0 aliphatic carbocycles. The summed E-state index contributed by atoms with van der Waals surface area (Å²) in [5.41, 5.74) is 4.40. The van der Waals surface area contributed by atoms with Crippen molar-refractivity contribution >= 4 is 17.7 Å². The van der Waals surface area contributed by atoms with E-state index in [1.807, 2.05) is 52.1 Å². The molecule has 1 saturated heterocycles. The van der Waals surface area contributed by atoms with E-state index in [0.717, 1.165) is 60.6 Å². The molecule has 8 nitrogen and oxygen atoms in total. The number of hydrogen-bond acceptors (Lipinski definition) is 6. The molecule has 1 amide bonds. The van der Waals surface area contributed by atoms with Gasteiger partial charge in [-0.25, -0.2) is 0 Å². The third kappa shape index (κ3) is 10.3. The van der Waals surface area contributed by atoms with Gasteiger partial charge in [0.2, 0.25) is 0 Å². The van der Waals surface area contributed by atoms with Gasteiger partial charge < -0.3 is 20.3 Å². The van der Waals surface area contributed by atoms with Crippen LogP contribution in [0.5, 0.6) is 0 Å². The number of ether oxygens (including phenoxy) is 1. The third-order valence-electron chi connectivity index (χ3n) is 6.76. The molecule has 0 bridgehead atoms. The monoisotopic (exact) mass is 553 g/mol. The highest BCUT2D eigenvalue weighted by atomic mass is 16.5. The Kier molecular flexibility index (Phi) is 15.6. The number of fused-ring (bicyclic) bond motifs is 1. The molecule has 40 heavy (non-hydrogen) atoms. The second-order valence-corrected chi connectivity index (χ2v) is 9.75. The predicted molar refractivity (Wildman–Crippen MR) is 165 cm³/mol. The van der Waals surface area contributed by atoms with Crippen LogP contribution < -0.4 is 10.6 Å². The number of rotatable bonds is 7. The maximum absolute atomic E-state index is 13.2. The number of anilines is 1. The first-order valence-corrected chi connectivity index (χ1v) is 14.1. The van der Waals surface area contributed by atoms with Crippen LogP contribution in [0.2, 0.25) is 0 Å². The SMILES string of the molecule is C.C=C1CN(C(=O)c2ccc(CCC(=O)OCC3CCNCC3)c(C)c2)Cc2cnn(C)c2N1.C=CCC.CC. The fraction of sp³-hybridized carbons (Fsp3) is 0.531. The van der Waals surface area contributed by atoms with Gasteiger partial charge in [0.25, 0.3) is 5.91 Å². The fourth-order valence-electron chi connectivity index (χ4n) is 4.46. The summed E-state index contributed by atoms with van der Waals surface area (Å²) in [5, 5.41) is 10.8. The smallest absolute Gasteiger partial charge is 0.306 e. The lowest BCUT2D eigenvalue weighted by Gasteiger charge is -2.22. The van der Waals surface area contributed by atoms with Gasteiger partial charge in [0.05, 0.1) is 25.9 Å². The molecule has 8 heteroatoms. The van der Waals surface area contributed by atoms with Gasteiger partial charge in [-0.1, -0.05) is 46.9 Å². The summed E-state index contributed by atoms with van der Waals surface area (Å²) in [6.45, 7) is 19.0. The molecule has 2 aromatic rings. The lowest BCUT2D eigenvalue weighted by molar-refractivity contribution is -0.145. The van der Waals surface area contributed by atoms with Gasteiger partial charge in [0, 0.05) is 30.3 Å². The molecule has 0 spiro atoms. The normalized spacial score (nSPS) is 14.5. The molecule has 222 valence electrons. The highest BCUT2D eigenvalue weighted by Gasteiger charge is 2.24. The molecular weight excluding hydrogens is 502 g/mol. The summed E-state index contributed by atoms with van der Waals surface area (Å²) < 4.78 is 7.24. The standard InChI is InChI=1S/C25H33N5O3.C4H8.C2H6.CH4/c1-17-12-21(25(32)30-14-18(2)28-24-22(15-30)13-27-29(24)3)5-4-20(17)6-7-23(31)33-16-19-8-10-26-11-9-19;1-3-4-2;1-2;/h4-5,12-13,19,26,28H,2,6-11,14-16H2,1,3H3;3H,1,4H2,2H3;1-2H3;1H4. The predicted octanol–water partition coefficient (Wildman–Crippen LogP) is 6.03. The molecule has 2 aliphatic heterocycles. The van der Waals surface area contributed by atoms with Crippen molar-refractivity contribution in [2.45, 2.75) is 73.8 Å². The van der Waals surface area contributed by atoms with Crippen LogP contribution >= 0.6 is 0 Å². The molecule has 2 aliphatic rings. The van der Waals surface area contributed by atoms with E-state index in [4.69, 9.17) is 4.74 Å². The molecule has 1 fully saturated rings. The Hall–Kier alpha value is -3.39. The van der Waals surface area contributed by atoms with E-state index in [9.17, 15) is 9.59 Å². The molecule has 0 saturated carbocycles. The molecule has 0 atom stereocenters. The van der Waals surface area contributed by atoms with Crippen LogP contribution in [-0.2, 0) is 29.5 Å². The quantitative estimate of drug-likeness (QED) is 0.322. The first-order chi connectivity index (χ1) is 18.8. The topological polar surface area (TPSA) is 88.5 Å². The number of allylic oxidation sites excluding steroid dienone is 1. The summed E-state index contributed by atoms with van der Waals surface area (Å²) >= 11 is 0. The van der Waals surface area contributed by atoms with Crippen molar-refractivity contribution in [2.75, 3.05) is 31.6 Å². The van der Waals surface area contributed by atoms with Gasteiger partial charge in [-0.2, -0.15) is 5.10 Å². The number of carbonyl (C=O) groups is 2. The van der Waals surface area contributed by atoms with Crippen LogP contribution in [0.15, 0.2) is 49.3 Å². The van der Waals surface area contributed by atoms with Crippen LogP contribution in [0, 0.1) is 12.8 Å². The molecular formula is C32H51N5O3. The van der Waals surface area contributed by atoms with Crippen LogP contribution in [-0.4, -0.2) is 52.8 Å². The number of aryl methyl sites for hydroxylation is 3. The average molecular weight is 554 g/mol. The Morgan fingerprint density at radius 3 is 2.50 bits per heavy atom. The van der Waals surface area contributed by atoms with Crippen molar-refractivity contribution in [1.29, 1.82) is 0 Å². The molecule has 2 N–H and O–H groups in total. The minimum Gasteiger partial charge on any atom is -0.465 e. The first-order valence-electron chi connectivity index (χ1n) is 14.1. The number of aromatic nitrogens is 2. The third-order valence-corrected chi connectivity index (χ3v) is 6.76. The number of amides is 1. The van der Waals surface area contributed by atoms with Crippen LogP contribution in [0.4, 0.5) is 5.82 Å². The van der Waals surface area contributed by atoms with E-state index in [-0.39, 0.29) is 19.3 Å². The van der Waals surface area contributed by atoms with Gasteiger partial charge in [-0.3, -0.25) is 14.3 Å². The second-order valence-electron chi connectivity index (χ2n) is 9.75. The maximum Gasteiger partial charge on any atom is 0.306 e. The van der Waals surface area contributed by atoms with E-state index in [0.29, 0.717) is 44.0 Å². The highest BCUT2D eigenvalue weighted by molar-refractivity contribution is 5.95. The van der Waals surface area contributed by atoms with Gasteiger partial charge in [-0.15, -0.1) is 6.58 Å². The molecule has 0 unspecified atom stereocenters. The van der Waals surface area contributed by atoms with Crippen molar-refractivity contribution in [3.63, 3.8) is 0 Å². The lowest BCUT2D eigenvalue weighted by atomic mass is 9.99. The van der Waals surface area contributed by atoms with E-state index < -0.39 is 0 Å². The number of benzene rings is 1. The summed E-state index contributed by atoms with van der Waals surface area (Å²) in [7, 11) is 1.86. The van der Waals surface area contributed by atoms with Gasteiger partial charge in [0.1, 0.15) is 5.82 Å². The first kappa shape index (κ1) is 34.6. The molecule has 3 heterocycles. The number of nitrogens with one attached hydrogen (secondary N) is 2. The van der Waals surface area contributed by atoms with Crippen LogP contribution in [0.1, 0.15) is 80.9 Å². The average Bonchev–Trinajstić information content (AvgIpc) is 3.19. The van der Waals surface area contributed by atoms with Gasteiger partial charge in [-0.05, 0) is 74.9 Å². The number of carbonyl (C=O) groups excluding carboxylic acids is 2. The number of nitrogens with zero attached hydrogens (tertiary/aromatic N) is 3. The molecule has 1 aromatic carbocycles. The van der Waals surface area contributed by atoms with E-state index in [1.165, 1.54) is 0 Å².